The van der Waals surface area contributed by atoms with Crippen molar-refractivity contribution in [3.05, 3.63) is 29.6 Å². The first-order valence-electron chi connectivity index (χ1n) is 9.04. The van der Waals surface area contributed by atoms with Gasteiger partial charge in [-0.15, -0.1) is 0 Å². The van der Waals surface area contributed by atoms with E-state index in [1.54, 1.807) is 0 Å². The van der Waals surface area contributed by atoms with Gasteiger partial charge in [0, 0.05) is 39.1 Å². The van der Waals surface area contributed by atoms with E-state index in [0.717, 1.165) is 43.9 Å². The highest BCUT2D eigenvalue weighted by Crippen LogP contribution is 2.28. The fourth-order valence-corrected chi connectivity index (χ4v) is 3.74. The summed E-state index contributed by atoms with van der Waals surface area (Å²) in [5.74, 6) is 2.74. The van der Waals surface area contributed by atoms with Crippen LogP contribution in [0.5, 0.6) is 0 Å². The van der Waals surface area contributed by atoms with Crippen molar-refractivity contribution in [3.63, 3.8) is 0 Å². The third-order valence-corrected chi connectivity index (χ3v) is 5.27. The lowest BCUT2D eigenvalue weighted by Gasteiger charge is -2.24. The number of pyridine rings is 1. The zero-order chi connectivity index (χ0) is 16.7. The molecule has 1 saturated heterocycles. The lowest BCUT2D eigenvalue weighted by atomic mass is 9.87. The Morgan fingerprint density at radius 2 is 2.22 bits per heavy atom. The Balaban J connectivity index is 1.83. The van der Waals surface area contributed by atoms with E-state index in [0.29, 0.717) is 0 Å². The van der Waals surface area contributed by atoms with Gasteiger partial charge in [-0.1, -0.05) is 26.7 Å². The lowest BCUT2D eigenvalue weighted by molar-refractivity contribution is 0.319. The van der Waals surface area contributed by atoms with Crippen molar-refractivity contribution >= 4 is 5.96 Å². The summed E-state index contributed by atoms with van der Waals surface area (Å²) in [7, 11) is 1.89. The maximum absolute atomic E-state index is 4.49. The molecular weight excluding hydrogens is 284 g/mol. The van der Waals surface area contributed by atoms with Crippen LogP contribution in [-0.2, 0) is 6.42 Å². The van der Waals surface area contributed by atoms with Gasteiger partial charge >= 0.3 is 0 Å². The molecule has 0 saturated carbocycles. The molecule has 1 fully saturated rings. The van der Waals surface area contributed by atoms with Crippen LogP contribution >= 0.6 is 0 Å². The minimum Gasteiger partial charge on any atom is -0.356 e. The molecule has 1 N–H and O–H groups in total. The second-order valence-corrected chi connectivity index (χ2v) is 6.60. The summed E-state index contributed by atoms with van der Waals surface area (Å²) in [4.78, 5) is 11.1. The number of aromatic nitrogens is 1. The van der Waals surface area contributed by atoms with E-state index < -0.39 is 0 Å². The summed E-state index contributed by atoms with van der Waals surface area (Å²) in [6.07, 6.45) is 8.71. The highest BCUT2D eigenvalue weighted by molar-refractivity contribution is 5.80. The summed E-state index contributed by atoms with van der Waals surface area (Å²) in [6.45, 7) is 9.97. The van der Waals surface area contributed by atoms with Crippen LogP contribution in [0.2, 0.25) is 0 Å². The van der Waals surface area contributed by atoms with E-state index in [2.05, 4.69) is 47.0 Å². The second kappa shape index (κ2) is 8.90. The molecule has 0 amide bonds. The number of likely N-dealkylation sites (tertiary alicyclic amines) is 1. The topological polar surface area (TPSA) is 40.5 Å². The minimum atomic E-state index is 0.825. The van der Waals surface area contributed by atoms with Gasteiger partial charge in [-0.05, 0) is 48.8 Å². The fourth-order valence-electron chi connectivity index (χ4n) is 3.74. The Labute approximate surface area is 141 Å². The molecule has 0 spiro atoms. The van der Waals surface area contributed by atoms with Gasteiger partial charge in [-0.25, -0.2) is 0 Å². The van der Waals surface area contributed by atoms with Crippen LogP contribution in [0.15, 0.2) is 23.5 Å². The first-order valence-corrected chi connectivity index (χ1v) is 9.04. The van der Waals surface area contributed by atoms with Gasteiger partial charge in [0.25, 0.3) is 0 Å². The molecule has 1 unspecified atom stereocenters. The number of guanidine groups is 1. The molecule has 1 aliphatic heterocycles. The lowest BCUT2D eigenvalue weighted by Crippen LogP contribution is -2.41. The SMILES string of the molecule is CCC(CC)C1CCN(C(=NC)NCCc2ccncc2C)C1. The first kappa shape index (κ1) is 17.8. The Kier molecular flexibility index (Phi) is 6.87. The molecule has 23 heavy (non-hydrogen) atoms. The molecule has 0 bridgehead atoms. The van der Waals surface area contributed by atoms with Gasteiger partial charge in [0.2, 0.25) is 0 Å². The summed E-state index contributed by atoms with van der Waals surface area (Å²) in [6, 6.07) is 2.11. The Bertz CT molecular complexity index is 508. The molecule has 1 aromatic rings. The molecular formula is C19H32N4. The van der Waals surface area contributed by atoms with Crippen LogP contribution in [0.4, 0.5) is 0 Å². The molecule has 2 heterocycles. The van der Waals surface area contributed by atoms with Crippen molar-refractivity contribution in [2.75, 3.05) is 26.7 Å². The minimum absolute atomic E-state index is 0.825. The van der Waals surface area contributed by atoms with Crippen LogP contribution < -0.4 is 5.32 Å². The Hall–Kier alpha value is -1.58. The third kappa shape index (κ3) is 4.69. The number of aliphatic imine (C=N–C) groups is 1. The van der Waals surface area contributed by atoms with Crippen molar-refractivity contribution in [1.29, 1.82) is 0 Å². The summed E-state index contributed by atoms with van der Waals surface area (Å²) in [5, 5.41) is 3.54. The summed E-state index contributed by atoms with van der Waals surface area (Å²) >= 11 is 0. The molecule has 0 radical (unpaired) electrons. The van der Waals surface area contributed by atoms with Gasteiger partial charge in [0.15, 0.2) is 5.96 Å². The molecule has 128 valence electrons. The highest BCUT2D eigenvalue weighted by Gasteiger charge is 2.29. The van der Waals surface area contributed by atoms with Crippen LogP contribution in [0.25, 0.3) is 0 Å². The average Bonchev–Trinajstić information content (AvgIpc) is 3.04. The maximum Gasteiger partial charge on any atom is 0.193 e. The molecule has 1 aromatic heterocycles. The molecule has 4 heteroatoms. The fraction of sp³-hybridized carbons (Fsp3) is 0.684. The molecule has 2 rings (SSSR count). The molecule has 4 nitrogen and oxygen atoms in total. The second-order valence-electron chi connectivity index (χ2n) is 6.60. The Morgan fingerprint density at radius 1 is 1.43 bits per heavy atom. The first-order chi connectivity index (χ1) is 11.2. The van der Waals surface area contributed by atoms with Gasteiger partial charge < -0.3 is 10.2 Å². The standard InChI is InChI=1S/C19H32N4/c1-5-16(6-2)18-9-12-23(14-18)19(20-4)22-11-8-17-7-10-21-13-15(17)3/h7,10,13,16,18H,5-6,8-9,11-12,14H2,1-4H3,(H,20,22). The number of rotatable bonds is 6. The van der Waals surface area contributed by atoms with Crippen molar-refractivity contribution in [2.24, 2.45) is 16.8 Å². The zero-order valence-electron chi connectivity index (χ0n) is 15.2. The van der Waals surface area contributed by atoms with Crippen molar-refractivity contribution in [2.45, 2.75) is 46.5 Å². The van der Waals surface area contributed by atoms with Crippen LogP contribution in [-0.4, -0.2) is 42.5 Å². The maximum atomic E-state index is 4.49. The van der Waals surface area contributed by atoms with E-state index in [-0.39, 0.29) is 0 Å². The van der Waals surface area contributed by atoms with Crippen LogP contribution in [0, 0.1) is 18.8 Å². The van der Waals surface area contributed by atoms with Crippen molar-refractivity contribution in [1.82, 2.24) is 15.2 Å². The predicted octanol–water partition coefficient (Wildman–Crippen LogP) is 3.27. The molecule has 0 aromatic carbocycles. The summed E-state index contributed by atoms with van der Waals surface area (Å²) < 4.78 is 0. The number of hydrogen-bond donors (Lipinski definition) is 1. The largest absolute Gasteiger partial charge is 0.356 e. The quantitative estimate of drug-likeness (QED) is 0.647. The smallest absolute Gasteiger partial charge is 0.193 e. The van der Waals surface area contributed by atoms with E-state index in [4.69, 9.17) is 0 Å². The average molecular weight is 316 g/mol. The number of nitrogens with one attached hydrogen (secondary N) is 1. The van der Waals surface area contributed by atoms with Crippen LogP contribution in [0.3, 0.4) is 0 Å². The summed E-state index contributed by atoms with van der Waals surface area (Å²) in [5.41, 5.74) is 2.62. The molecule has 1 atom stereocenters. The number of aryl methyl sites for hydroxylation is 1. The van der Waals surface area contributed by atoms with Gasteiger partial charge in [0.1, 0.15) is 0 Å². The predicted molar refractivity (Wildman–Crippen MR) is 97.8 cm³/mol. The van der Waals surface area contributed by atoms with E-state index >= 15 is 0 Å². The third-order valence-electron chi connectivity index (χ3n) is 5.27. The monoisotopic (exact) mass is 316 g/mol. The zero-order valence-corrected chi connectivity index (χ0v) is 15.2. The number of hydrogen-bond acceptors (Lipinski definition) is 2. The number of nitrogens with zero attached hydrogens (tertiary/aromatic N) is 3. The Morgan fingerprint density at radius 3 is 2.87 bits per heavy atom. The van der Waals surface area contributed by atoms with E-state index in [9.17, 15) is 0 Å². The van der Waals surface area contributed by atoms with Gasteiger partial charge in [-0.2, -0.15) is 0 Å². The van der Waals surface area contributed by atoms with Crippen molar-refractivity contribution in [3.8, 4) is 0 Å². The van der Waals surface area contributed by atoms with E-state index in [1.807, 2.05) is 19.4 Å². The molecule has 1 aliphatic rings. The van der Waals surface area contributed by atoms with E-state index in [1.165, 1.54) is 30.4 Å². The molecule has 0 aliphatic carbocycles. The van der Waals surface area contributed by atoms with Crippen LogP contribution in [0.1, 0.15) is 44.2 Å². The van der Waals surface area contributed by atoms with Gasteiger partial charge in [-0.3, -0.25) is 9.98 Å². The van der Waals surface area contributed by atoms with Crippen molar-refractivity contribution < 1.29 is 0 Å². The van der Waals surface area contributed by atoms with Gasteiger partial charge in [0.05, 0.1) is 0 Å². The normalized spacial score (nSPS) is 18.7. The highest BCUT2D eigenvalue weighted by atomic mass is 15.3.